The van der Waals surface area contributed by atoms with Crippen LogP contribution < -0.4 is 11.2 Å². The molecule has 0 saturated heterocycles. The van der Waals surface area contributed by atoms with Crippen molar-refractivity contribution in [1.29, 1.82) is 0 Å². The highest BCUT2D eigenvalue weighted by molar-refractivity contribution is 5.99. The average Bonchev–Trinajstić information content (AvgIpc) is 2.41. The number of phenols is 2. The van der Waals surface area contributed by atoms with Gasteiger partial charge in [-0.25, -0.2) is 5.43 Å². The van der Waals surface area contributed by atoms with Crippen molar-refractivity contribution in [3.8, 4) is 11.5 Å². The summed E-state index contributed by atoms with van der Waals surface area (Å²) < 4.78 is 0. The second-order valence-corrected chi connectivity index (χ2v) is 4.03. The molecule has 0 atom stereocenters. The number of amides is 1. The third-order valence-electron chi connectivity index (χ3n) is 2.59. The smallest absolute Gasteiger partial charge is 0.273 e. The summed E-state index contributed by atoms with van der Waals surface area (Å²) in [7, 11) is 0. The predicted octanol–water partition coefficient (Wildman–Crippen LogP) is 1.44. The first-order chi connectivity index (χ1) is 9.58. The SMILES string of the molecule is Nc1ccccc1C(=O)N/N=C/c1ccc(O)cc1O. The number of hydrogen-bond donors (Lipinski definition) is 4. The molecule has 1 amide bonds. The lowest BCUT2D eigenvalue weighted by Crippen LogP contribution is -2.19. The maximum Gasteiger partial charge on any atom is 0.273 e. The van der Waals surface area contributed by atoms with Gasteiger partial charge in [0, 0.05) is 17.3 Å². The Kier molecular flexibility index (Phi) is 3.85. The monoisotopic (exact) mass is 271 g/mol. The van der Waals surface area contributed by atoms with E-state index in [1.807, 2.05) is 0 Å². The van der Waals surface area contributed by atoms with E-state index in [2.05, 4.69) is 10.5 Å². The number of nitrogens with one attached hydrogen (secondary N) is 1. The molecule has 20 heavy (non-hydrogen) atoms. The van der Waals surface area contributed by atoms with Crippen LogP contribution in [0.15, 0.2) is 47.6 Å². The third-order valence-corrected chi connectivity index (χ3v) is 2.59. The van der Waals surface area contributed by atoms with Crippen LogP contribution in [0.2, 0.25) is 0 Å². The van der Waals surface area contributed by atoms with E-state index in [9.17, 15) is 9.90 Å². The average molecular weight is 271 g/mol. The normalized spacial score (nSPS) is 10.6. The van der Waals surface area contributed by atoms with E-state index < -0.39 is 5.91 Å². The Hall–Kier alpha value is -3.02. The van der Waals surface area contributed by atoms with Crippen LogP contribution in [-0.4, -0.2) is 22.3 Å². The molecule has 0 aliphatic rings. The van der Waals surface area contributed by atoms with Crippen molar-refractivity contribution in [1.82, 2.24) is 5.43 Å². The summed E-state index contributed by atoms with van der Waals surface area (Å²) in [6.45, 7) is 0. The van der Waals surface area contributed by atoms with Crippen molar-refractivity contribution in [2.75, 3.05) is 5.73 Å². The van der Waals surface area contributed by atoms with Crippen molar-refractivity contribution < 1.29 is 15.0 Å². The molecule has 102 valence electrons. The van der Waals surface area contributed by atoms with Gasteiger partial charge in [0.1, 0.15) is 11.5 Å². The minimum absolute atomic E-state index is 0.0549. The van der Waals surface area contributed by atoms with E-state index in [0.717, 1.165) is 0 Å². The Labute approximate surface area is 115 Å². The van der Waals surface area contributed by atoms with E-state index in [1.54, 1.807) is 24.3 Å². The largest absolute Gasteiger partial charge is 0.508 e. The van der Waals surface area contributed by atoms with Gasteiger partial charge in [0.05, 0.1) is 11.8 Å². The number of hydrogen-bond acceptors (Lipinski definition) is 5. The number of hydrazone groups is 1. The number of benzene rings is 2. The molecule has 0 radical (unpaired) electrons. The Bertz CT molecular complexity index is 668. The maximum atomic E-state index is 11.8. The predicted molar refractivity (Wildman–Crippen MR) is 75.7 cm³/mol. The molecule has 0 fully saturated rings. The van der Waals surface area contributed by atoms with Crippen LogP contribution in [0.25, 0.3) is 0 Å². The van der Waals surface area contributed by atoms with Crippen molar-refractivity contribution in [2.45, 2.75) is 0 Å². The van der Waals surface area contributed by atoms with Gasteiger partial charge in [-0.15, -0.1) is 0 Å². The fourth-order valence-corrected chi connectivity index (χ4v) is 1.57. The van der Waals surface area contributed by atoms with E-state index in [4.69, 9.17) is 10.8 Å². The third kappa shape index (κ3) is 3.05. The minimum atomic E-state index is -0.447. The molecule has 0 aliphatic carbocycles. The molecule has 0 spiro atoms. The van der Waals surface area contributed by atoms with Crippen LogP contribution in [0.4, 0.5) is 5.69 Å². The zero-order valence-corrected chi connectivity index (χ0v) is 10.4. The molecule has 2 aromatic rings. The van der Waals surface area contributed by atoms with Crippen LogP contribution >= 0.6 is 0 Å². The molecule has 0 heterocycles. The van der Waals surface area contributed by atoms with Gasteiger partial charge in [-0.3, -0.25) is 4.79 Å². The van der Waals surface area contributed by atoms with Crippen molar-refractivity contribution in [3.05, 3.63) is 53.6 Å². The quantitative estimate of drug-likeness (QED) is 0.385. The van der Waals surface area contributed by atoms with Gasteiger partial charge in [0.2, 0.25) is 0 Å². The number of nitrogens with zero attached hydrogens (tertiary/aromatic N) is 1. The highest BCUT2D eigenvalue weighted by Gasteiger charge is 2.07. The second-order valence-electron chi connectivity index (χ2n) is 4.03. The van der Waals surface area contributed by atoms with Crippen LogP contribution in [-0.2, 0) is 0 Å². The van der Waals surface area contributed by atoms with E-state index in [-0.39, 0.29) is 11.5 Å². The first-order valence-electron chi connectivity index (χ1n) is 5.78. The van der Waals surface area contributed by atoms with Gasteiger partial charge >= 0.3 is 0 Å². The summed E-state index contributed by atoms with van der Waals surface area (Å²) in [6, 6.07) is 10.7. The standard InChI is InChI=1S/C14H13N3O3/c15-12-4-2-1-3-11(12)14(20)17-16-8-9-5-6-10(18)7-13(9)19/h1-8,18-19H,15H2,(H,17,20)/b16-8+. The van der Waals surface area contributed by atoms with Gasteiger partial charge in [0.25, 0.3) is 5.91 Å². The van der Waals surface area contributed by atoms with E-state index in [0.29, 0.717) is 16.8 Å². The lowest BCUT2D eigenvalue weighted by molar-refractivity contribution is 0.0956. The summed E-state index contributed by atoms with van der Waals surface area (Å²) in [5.41, 5.74) is 9.01. The van der Waals surface area contributed by atoms with Crippen LogP contribution in [0.5, 0.6) is 11.5 Å². The number of carbonyl (C=O) groups excluding carboxylic acids is 1. The molecule has 5 N–H and O–H groups in total. The number of anilines is 1. The zero-order valence-electron chi connectivity index (χ0n) is 10.4. The van der Waals surface area contributed by atoms with Crippen LogP contribution in [0, 0.1) is 0 Å². The Morgan fingerprint density at radius 2 is 1.95 bits per heavy atom. The molecule has 0 aromatic heterocycles. The fourth-order valence-electron chi connectivity index (χ4n) is 1.57. The first-order valence-corrected chi connectivity index (χ1v) is 5.78. The Morgan fingerprint density at radius 1 is 1.20 bits per heavy atom. The van der Waals surface area contributed by atoms with Gasteiger partial charge in [-0.1, -0.05) is 12.1 Å². The Balaban J connectivity index is 2.07. The molecule has 0 bridgehead atoms. The zero-order chi connectivity index (χ0) is 14.5. The number of phenolic OH excluding ortho intramolecular Hbond substituents is 2. The van der Waals surface area contributed by atoms with Gasteiger partial charge in [0.15, 0.2) is 0 Å². The van der Waals surface area contributed by atoms with Crippen molar-refractivity contribution in [3.63, 3.8) is 0 Å². The first kappa shape index (κ1) is 13.4. The number of carbonyl (C=O) groups is 1. The number of nitrogen functional groups attached to an aromatic ring is 1. The molecular weight excluding hydrogens is 258 g/mol. The molecule has 6 nitrogen and oxygen atoms in total. The molecule has 0 aliphatic heterocycles. The van der Waals surface area contributed by atoms with E-state index >= 15 is 0 Å². The molecule has 0 saturated carbocycles. The summed E-state index contributed by atoms with van der Waals surface area (Å²) >= 11 is 0. The highest BCUT2D eigenvalue weighted by Crippen LogP contribution is 2.20. The summed E-state index contributed by atoms with van der Waals surface area (Å²) in [4.78, 5) is 11.8. The lowest BCUT2D eigenvalue weighted by atomic mass is 10.2. The minimum Gasteiger partial charge on any atom is -0.508 e. The van der Waals surface area contributed by atoms with Gasteiger partial charge < -0.3 is 15.9 Å². The van der Waals surface area contributed by atoms with Crippen LogP contribution in [0.3, 0.4) is 0 Å². The van der Waals surface area contributed by atoms with E-state index in [1.165, 1.54) is 24.4 Å². The summed E-state index contributed by atoms with van der Waals surface area (Å²) in [5.74, 6) is -0.638. The Morgan fingerprint density at radius 3 is 2.65 bits per heavy atom. The maximum absolute atomic E-state index is 11.8. The second kappa shape index (κ2) is 5.75. The molecule has 0 unspecified atom stereocenters. The summed E-state index contributed by atoms with van der Waals surface area (Å²) in [6.07, 6.45) is 1.27. The molecule has 2 aromatic carbocycles. The topological polar surface area (TPSA) is 108 Å². The molecule has 2 rings (SSSR count). The molecule has 6 heteroatoms. The lowest BCUT2D eigenvalue weighted by Gasteiger charge is -2.03. The van der Waals surface area contributed by atoms with Crippen LogP contribution in [0.1, 0.15) is 15.9 Å². The van der Waals surface area contributed by atoms with Crippen molar-refractivity contribution >= 4 is 17.8 Å². The summed E-state index contributed by atoms with van der Waals surface area (Å²) in [5, 5.41) is 22.4. The van der Waals surface area contributed by atoms with Gasteiger partial charge in [-0.05, 0) is 24.3 Å². The number of nitrogens with two attached hydrogens (primary N) is 1. The molecular formula is C14H13N3O3. The van der Waals surface area contributed by atoms with Gasteiger partial charge in [-0.2, -0.15) is 5.10 Å². The fraction of sp³-hybridized carbons (Fsp3) is 0. The van der Waals surface area contributed by atoms with Crippen molar-refractivity contribution in [2.24, 2.45) is 5.10 Å². The highest BCUT2D eigenvalue weighted by atomic mass is 16.3. The number of aromatic hydroxyl groups is 2. The number of rotatable bonds is 3. The number of para-hydroxylation sites is 1.